The van der Waals surface area contributed by atoms with Gasteiger partial charge in [0.25, 0.3) is 0 Å². The summed E-state index contributed by atoms with van der Waals surface area (Å²) in [6, 6.07) is 5.51. The molecule has 3 heterocycles. The van der Waals surface area contributed by atoms with Crippen molar-refractivity contribution < 1.29 is 22.7 Å². The number of aliphatic hydroxyl groups is 1. The molecule has 0 bridgehead atoms. The van der Waals surface area contributed by atoms with Crippen molar-refractivity contribution in [3.63, 3.8) is 0 Å². The summed E-state index contributed by atoms with van der Waals surface area (Å²) < 4.78 is 29.7. The van der Waals surface area contributed by atoms with E-state index in [9.17, 15) is 18.3 Å². The largest absolute Gasteiger partial charge is 0.464 e. The van der Waals surface area contributed by atoms with Crippen molar-refractivity contribution in [2.45, 2.75) is 18.9 Å². The number of furan rings is 1. The highest BCUT2D eigenvalue weighted by molar-refractivity contribution is 7.88. The Morgan fingerprint density at radius 2 is 2.19 bits per heavy atom. The van der Waals surface area contributed by atoms with Crippen LogP contribution in [0, 0.1) is 5.92 Å². The molecule has 2 aromatic rings. The molecule has 0 saturated carbocycles. The number of sulfonamides is 1. The number of hydrogen-bond donors (Lipinski definition) is 2. The van der Waals surface area contributed by atoms with Crippen molar-refractivity contribution in [1.82, 2.24) is 9.62 Å². The molecule has 1 saturated heterocycles. The van der Waals surface area contributed by atoms with Crippen molar-refractivity contribution in [2.75, 3.05) is 25.9 Å². The van der Waals surface area contributed by atoms with Gasteiger partial charge in [-0.25, -0.2) is 12.7 Å². The lowest BCUT2D eigenvalue weighted by molar-refractivity contribution is -0.126. The van der Waals surface area contributed by atoms with Crippen LogP contribution in [0.25, 0.3) is 11.3 Å². The summed E-state index contributed by atoms with van der Waals surface area (Å²) in [4.78, 5) is 13.0. The van der Waals surface area contributed by atoms with Gasteiger partial charge in [-0.15, -0.1) is 11.3 Å². The number of thiophene rings is 1. The maximum absolute atomic E-state index is 12.3. The first kappa shape index (κ1) is 19.1. The van der Waals surface area contributed by atoms with E-state index in [1.165, 1.54) is 21.9 Å². The third-order valence-corrected chi connectivity index (χ3v) is 6.85. The summed E-state index contributed by atoms with van der Waals surface area (Å²) >= 11 is 1.41. The Morgan fingerprint density at radius 1 is 1.46 bits per heavy atom. The van der Waals surface area contributed by atoms with E-state index in [1.807, 2.05) is 17.5 Å². The summed E-state index contributed by atoms with van der Waals surface area (Å²) in [5.74, 6) is 0.378. The molecule has 142 valence electrons. The van der Waals surface area contributed by atoms with Crippen LogP contribution in [0.4, 0.5) is 0 Å². The van der Waals surface area contributed by atoms with Crippen LogP contribution in [-0.4, -0.2) is 49.6 Å². The average Bonchev–Trinajstić information content (AvgIpc) is 3.29. The number of aliphatic hydroxyl groups excluding tert-OH is 1. The molecule has 26 heavy (non-hydrogen) atoms. The Hall–Kier alpha value is -1.68. The Morgan fingerprint density at radius 3 is 2.81 bits per heavy atom. The summed E-state index contributed by atoms with van der Waals surface area (Å²) in [5.41, 5.74) is 0.897. The van der Waals surface area contributed by atoms with Gasteiger partial charge in [-0.1, -0.05) is 0 Å². The maximum atomic E-state index is 12.3. The molecule has 0 aliphatic carbocycles. The number of rotatable bonds is 6. The molecule has 2 N–H and O–H groups in total. The predicted octanol–water partition coefficient (Wildman–Crippen LogP) is 1.83. The molecule has 0 radical (unpaired) electrons. The first-order valence-electron chi connectivity index (χ1n) is 8.38. The number of carbonyl (C=O) groups excluding carboxylic acids is 1. The van der Waals surface area contributed by atoms with Crippen LogP contribution in [0.3, 0.4) is 0 Å². The van der Waals surface area contributed by atoms with E-state index < -0.39 is 16.1 Å². The fraction of sp³-hybridized carbons (Fsp3) is 0.471. The maximum Gasteiger partial charge on any atom is 0.223 e. The smallest absolute Gasteiger partial charge is 0.223 e. The summed E-state index contributed by atoms with van der Waals surface area (Å²) in [7, 11) is -3.20. The molecule has 1 atom stereocenters. The van der Waals surface area contributed by atoms with Crippen molar-refractivity contribution >= 4 is 27.3 Å². The van der Waals surface area contributed by atoms with Gasteiger partial charge in [-0.05, 0) is 31.0 Å². The fourth-order valence-corrected chi connectivity index (χ4v) is 4.75. The Balaban J connectivity index is 1.49. The van der Waals surface area contributed by atoms with Gasteiger partial charge in [0.2, 0.25) is 15.9 Å². The average molecular weight is 399 g/mol. The van der Waals surface area contributed by atoms with Gasteiger partial charge < -0.3 is 14.8 Å². The normalized spacial score (nSPS) is 17.9. The third-order valence-electron chi connectivity index (χ3n) is 4.52. The molecule has 1 aliphatic heterocycles. The van der Waals surface area contributed by atoms with Gasteiger partial charge in [0.05, 0.1) is 12.5 Å². The topological polar surface area (TPSA) is 99.9 Å². The number of carbonyl (C=O) groups is 1. The van der Waals surface area contributed by atoms with Gasteiger partial charge >= 0.3 is 0 Å². The molecule has 0 spiro atoms. The van der Waals surface area contributed by atoms with E-state index in [4.69, 9.17) is 4.42 Å². The molecule has 0 aromatic carbocycles. The second kappa shape index (κ2) is 7.91. The Kier molecular flexibility index (Phi) is 5.81. The lowest BCUT2D eigenvalue weighted by Gasteiger charge is -2.29. The molecular formula is C17H22N2O5S2. The number of piperidine rings is 1. The second-order valence-corrected chi connectivity index (χ2v) is 9.34. The molecule has 3 rings (SSSR count). The van der Waals surface area contributed by atoms with Gasteiger partial charge in [-0.2, -0.15) is 0 Å². The van der Waals surface area contributed by atoms with Crippen molar-refractivity contribution in [3.05, 3.63) is 34.7 Å². The molecule has 7 nitrogen and oxygen atoms in total. The Bertz CT molecular complexity index is 836. The molecule has 1 fully saturated rings. The zero-order valence-corrected chi connectivity index (χ0v) is 16.1. The van der Waals surface area contributed by atoms with Crippen molar-refractivity contribution in [2.24, 2.45) is 5.92 Å². The van der Waals surface area contributed by atoms with Crippen LogP contribution < -0.4 is 5.32 Å². The number of nitrogens with zero attached hydrogens (tertiary/aromatic N) is 1. The van der Waals surface area contributed by atoms with Crippen LogP contribution in [0.1, 0.15) is 23.8 Å². The molecule has 1 amide bonds. The van der Waals surface area contributed by atoms with E-state index in [0.717, 1.165) is 16.2 Å². The van der Waals surface area contributed by atoms with Gasteiger partial charge in [0, 0.05) is 41.4 Å². The standard InChI is InChI=1S/C17H22N2O5S2/c1-26(22,23)19-6-4-12(5-7-19)17(21)18-10-14(20)16-9-13(11-25-16)15-3-2-8-24-15/h2-3,8-9,11-12,14,20H,4-7,10H2,1H3,(H,18,21). The van der Waals surface area contributed by atoms with Crippen molar-refractivity contribution in [1.29, 1.82) is 0 Å². The quantitative estimate of drug-likeness (QED) is 0.773. The molecule has 1 unspecified atom stereocenters. The monoisotopic (exact) mass is 398 g/mol. The highest BCUT2D eigenvalue weighted by Gasteiger charge is 2.29. The summed E-state index contributed by atoms with van der Waals surface area (Å²) in [6.07, 6.45) is 2.98. The van der Waals surface area contributed by atoms with E-state index in [-0.39, 0.29) is 18.4 Å². The highest BCUT2D eigenvalue weighted by atomic mass is 32.2. The fourth-order valence-electron chi connectivity index (χ4n) is 2.99. The predicted molar refractivity (Wildman–Crippen MR) is 99.1 cm³/mol. The second-order valence-electron chi connectivity index (χ2n) is 6.41. The van der Waals surface area contributed by atoms with Crippen LogP contribution in [0.5, 0.6) is 0 Å². The van der Waals surface area contributed by atoms with Gasteiger partial charge in [0.15, 0.2) is 0 Å². The molecule has 2 aromatic heterocycles. The van der Waals surface area contributed by atoms with E-state index in [0.29, 0.717) is 25.9 Å². The summed E-state index contributed by atoms with van der Waals surface area (Å²) in [6.45, 7) is 0.844. The minimum Gasteiger partial charge on any atom is -0.464 e. The number of hydrogen-bond acceptors (Lipinski definition) is 6. The highest BCUT2D eigenvalue weighted by Crippen LogP contribution is 2.29. The zero-order chi connectivity index (χ0) is 18.7. The van der Waals surface area contributed by atoms with Crippen LogP contribution in [0.2, 0.25) is 0 Å². The van der Waals surface area contributed by atoms with Crippen molar-refractivity contribution in [3.8, 4) is 11.3 Å². The Labute approximate surface area is 156 Å². The van der Waals surface area contributed by atoms with E-state index in [2.05, 4.69) is 5.32 Å². The van der Waals surface area contributed by atoms with Gasteiger partial charge in [0.1, 0.15) is 11.9 Å². The zero-order valence-electron chi connectivity index (χ0n) is 14.4. The lowest BCUT2D eigenvalue weighted by Crippen LogP contribution is -2.43. The first-order chi connectivity index (χ1) is 12.3. The lowest BCUT2D eigenvalue weighted by atomic mass is 9.97. The number of amides is 1. The minimum absolute atomic E-state index is 0.128. The van der Waals surface area contributed by atoms with Crippen LogP contribution in [0.15, 0.2) is 34.3 Å². The molecule has 9 heteroatoms. The SMILES string of the molecule is CS(=O)(=O)N1CCC(C(=O)NCC(O)c2cc(-c3ccco3)cs2)CC1. The minimum atomic E-state index is -3.20. The van der Waals surface area contributed by atoms with E-state index in [1.54, 1.807) is 12.3 Å². The van der Waals surface area contributed by atoms with Crippen LogP contribution >= 0.6 is 11.3 Å². The summed E-state index contributed by atoms with van der Waals surface area (Å²) in [5, 5.41) is 15.0. The third kappa shape index (κ3) is 4.53. The molecule has 1 aliphatic rings. The van der Waals surface area contributed by atoms with Gasteiger partial charge in [-0.3, -0.25) is 4.79 Å². The molecular weight excluding hydrogens is 376 g/mol. The van der Waals surface area contributed by atoms with Crippen LogP contribution in [-0.2, 0) is 14.8 Å². The first-order valence-corrected chi connectivity index (χ1v) is 11.1. The number of nitrogens with one attached hydrogen (secondary N) is 1. The van der Waals surface area contributed by atoms with E-state index >= 15 is 0 Å².